The van der Waals surface area contributed by atoms with E-state index in [-0.39, 0.29) is 17.9 Å². The minimum atomic E-state index is -0.435. The number of benzene rings is 1. The van der Waals surface area contributed by atoms with E-state index < -0.39 is 5.56 Å². The summed E-state index contributed by atoms with van der Waals surface area (Å²) in [5, 5.41) is 9.86. The smallest absolute Gasteiger partial charge is 0.269 e. The molecule has 3 rings (SSSR count). The first-order valence-corrected chi connectivity index (χ1v) is 6.81. The van der Waals surface area contributed by atoms with Gasteiger partial charge in [0.05, 0.1) is 6.54 Å². The van der Waals surface area contributed by atoms with Crippen molar-refractivity contribution in [3.8, 4) is 6.07 Å². The maximum absolute atomic E-state index is 12.5. The second-order valence-corrected chi connectivity index (χ2v) is 5.09. The molecule has 5 nitrogen and oxygen atoms in total. The topological polar surface area (TPSA) is 78.7 Å². The Kier molecular flexibility index (Phi) is 3.36. The molecule has 2 heterocycles. The molecule has 1 N–H and O–H groups in total. The molecule has 3 aromatic rings. The van der Waals surface area contributed by atoms with Crippen molar-refractivity contribution in [2.75, 3.05) is 0 Å². The first-order chi connectivity index (χ1) is 10.6. The van der Waals surface area contributed by atoms with Crippen LogP contribution in [0.25, 0.3) is 10.9 Å². The molecule has 0 bridgehead atoms. The molecule has 0 atom stereocenters. The van der Waals surface area contributed by atoms with Crippen molar-refractivity contribution in [1.29, 1.82) is 5.26 Å². The molecule has 0 saturated heterocycles. The molecule has 0 radical (unpaired) electrons. The van der Waals surface area contributed by atoms with E-state index in [0.29, 0.717) is 11.1 Å². The van der Waals surface area contributed by atoms with Crippen LogP contribution in [0.3, 0.4) is 0 Å². The van der Waals surface area contributed by atoms with Gasteiger partial charge in [-0.1, -0.05) is 18.2 Å². The Labute approximate surface area is 126 Å². The van der Waals surface area contributed by atoms with Crippen LogP contribution in [-0.2, 0) is 6.54 Å². The van der Waals surface area contributed by atoms with Crippen LogP contribution in [-0.4, -0.2) is 15.3 Å². The normalized spacial score (nSPS) is 10.5. The first kappa shape index (κ1) is 13.8. The summed E-state index contributed by atoms with van der Waals surface area (Å²) >= 11 is 0. The number of ketones is 1. The van der Waals surface area contributed by atoms with Gasteiger partial charge in [0, 0.05) is 28.9 Å². The van der Waals surface area contributed by atoms with E-state index >= 15 is 0 Å². The zero-order valence-corrected chi connectivity index (χ0v) is 12.0. The van der Waals surface area contributed by atoms with Gasteiger partial charge in [0.25, 0.3) is 5.56 Å². The van der Waals surface area contributed by atoms with Crippen molar-refractivity contribution in [1.82, 2.24) is 9.55 Å². The Morgan fingerprint density at radius 2 is 2.09 bits per heavy atom. The predicted molar refractivity (Wildman–Crippen MR) is 82.8 cm³/mol. The van der Waals surface area contributed by atoms with Crippen LogP contribution in [0.4, 0.5) is 0 Å². The van der Waals surface area contributed by atoms with Gasteiger partial charge in [0.2, 0.25) is 0 Å². The van der Waals surface area contributed by atoms with E-state index in [1.807, 2.05) is 30.3 Å². The summed E-state index contributed by atoms with van der Waals surface area (Å²) in [5.74, 6) is -0.174. The third-order valence-electron chi connectivity index (χ3n) is 3.69. The van der Waals surface area contributed by atoms with Crippen LogP contribution in [0.15, 0.2) is 47.5 Å². The van der Waals surface area contributed by atoms with E-state index in [2.05, 4.69) is 4.98 Å². The maximum Gasteiger partial charge on any atom is 0.269 e. The summed E-state index contributed by atoms with van der Waals surface area (Å²) in [7, 11) is 0. The van der Waals surface area contributed by atoms with Crippen LogP contribution >= 0.6 is 0 Å². The van der Waals surface area contributed by atoms with Crippen LogP contribution in [0.5, 0.6) is 0 Å². The number of para-hydroxylation sites is 1. The molecule has 0 amide bonds. The highest BCUT2D eigenvalue weighted by Gasteiger charge is 2.14. The van der Waals surface area contributed by atoms with Gasteiger partial charge < -0.3 is 9.55 Å². The molecular weight excluding hydrogens is 278 g/mol. The molecule has 0 aliphatic rings. The summed E-state index contributed by atoms with van der Waals surface area (Å²) in [6, 6.07) is 11.1. The number of nitrogens with one attached hydrogen (secondary N) is 1. The zero-order chi connectivity index (χ0) is 15.7. The number of pyridine rings is 1. The van der Waals surface area contributed by atoms with Gasteiger partial charge in [-0.25, -0.2) is 0 Å². The predicted octanol–water partition coefficient (Wildman–Crippen LogP) is 2.39. The average Bonchev–Trinajstić information content (AvgIpc) is 2.95. The number of Topliss-reactive ketones (excluding diaryl/α,β-unsaturated/α-hetero) is 1. The Bertz CT molecular complexity index is 973. The summed E-state index contributed by atoms with van der Waals surface area (Å²) in [4.78, 5) is 27.7. The molecule has 0 unspecified atom stereocenters. The number of H-pyrrole nitrogens is 1. The molecule has 0 aliphatic heterocycles. The lowest BCUT2D eigenvalue weighted by molar-refractivity contribution is 0.0972. The van der Waals surface area contributed by atoms with E-state index in [1.54, 1.807) is 25.4 Å². The number of nitrogens with zero attached hydrogens (tertiary/aromatic N) is 2. The zero-order valence-electron chi connectivity index (χ0n) is 12.0. The molecule has 108 valence electrons. The number of rotatable bonds is 3. The van der Waals surface area contributed by atoms with Gasteiger partial charge in [0.1, 0.15) is 11.6 Å². The van der Waals surface area contributed by atoms with Gasteiger partial charge in [-0.3, -0.25) is 9.59 Å². The van der Waals surface area contributed by atoms with Gasteiger partial charge in [-0.2, -0.15) is 5.26 Å². The number of carbonyl (C=O) groups excluding carboxylic acids is 1. The van der Waals surface area contributed by atoms with Gasteiger partial charge in [0.15, 0.2) is 5.78 Å². The van der Waals surface area contributed by atoms with E-state index in [0.717, 1.165) is 10.9 Å². The Balaban J connectivity index is 1.99. The van der Waals surface area contributed by atoms with Gasteiger partial charge in [-0.15, -0.1) is 0 Å². The van der Waals surface area contributed by atoms with Crippen LogP contribution < -0.4 is 5.56 Å². The highest BCUT2D eigenvalue weighted by molar-refractivity contribution is 6.07. The molecule has 0 spiro atoms. The molecule has 22 heavy (non-hydrogen) atoms. The van der Waals surface area contributed by atoms with E-state index in [1.165, 1.54) is 4.57 Å². The van der Waals surface area contributed by atoms with Crippen molar-refractivity contribution >= 4 is 16.7 Å². The average molecular weight is 291 g/mol. The van der Waals surface area contributed by atoms with Crippen molar-refractivity contribution in [2.24, 2.45) is 0 Å². The Morgan fingerprint density at radius 3 is 2.86 bits per heavy atom. The fraction of sp³-hybridized carbons (Fsp3) is 0.118. The summed E-state index contributed by atoms with van der Waals surface area (Å²) in [6.45, 7) is 1.61. The lowest BCUT2D eigenvalue weighted by Gasteiger charge is -2.06. The second-order valence-electron chi connectivity index (χ2n) is 5.09. The van der Waals surface area contributed by atoms with E-state index in [4.69, 9.17) is 5.26 Å². The molecule has 1 aromatic carbocycles. The third kappa shape index (κ3) is 2.21. The molecule has 0 aliphatic carbocycles. The largest absolute Gasteiger partial charge is 0.360 e. The Morgan fingerprint density at radius 1 is 1.32 bits per heavy atom. The fourth-order valence-corrected chi connectivity index (χ4v) is 2.47. The highest BCUT2D eigenvalue weighted by atomic mass is 16.1. The number of carbonyl (C=O) groups is 1. The minimum absolute atomic E-state index is 0.0780. The van der Waals surface area contributed by atoms with Crippen LogP contribution in [0.1, 0.15) is 21.5 Å². The standard InChI is InChI=1S/C17H13N3O2/c1-11-6-7-20(17(22)13(11)8-18)10-16(21)14-9-19-15-5-3-2-4-12(14)15/h2-7,9,19H,10H2,1H3. The molecule has 0 fully saturated rings. The maximum atomic E-state index is 12.5. The quantitative estimate of drug-likeness (QED) is 0.752. The first-order valence-electron chi connectivity index (χ1n) is 6.81. The summed E-state index contributed by atoms with van der Waals surface area (Å²) in [5.41, 5.74) is 1.68. The summed E-state index contributed by atoms with van der Waals surface area (Å²) < 4.78 is 1.27. The number of aromatic nitrogens is 2. The minimum Gasteiger partial charge on any atom is -0.360 e. The SMILES string of the molecule is Cc1ccn(CC(=O)c2c[nH]c3ccccc23)c(=O)c1C#N. The summed E-state index contributed by atoms with van der Waals surface area (Å²) in [6.07, 6.45) is 3.20. The highest BCUT2D eigenvalue weighted by Crippen LogP contribution is 2.18. The van der Waals surface area contributed by atoms with Gasteiger partial charge >= 0.3 is 0 Å². The molecular formula is C17H13N3O2. The second kappa shape index (κ2) is 5.34. The third-order valence-corrected chi connectivity index (χ3v) is 3.69. The van der Waals surface area contributed by atoms with Crippen LogP contribution in [0, 0.1) is 18.3 Å². The number of nitriles is 1. The molecule has 0 saturated carbocycles. The fourth-order valence-electron chi connectivity index (χ4n) is 2.47. The van der Waals surface area contributed by atoms with Crippen LogP contribution in [0.2, 0.25) is 0 Å². The molecule has 5 heteroatoms. The molecule has 2 aromatic heterocycles. The number of fused-ring (bicyclic) bond motifs is 1. The van der Waals surface area contributed by atoms with Crippen molar-refractivity contribution < 1.29 is 4.79 Å². The lowest BCUT2D eigenvalue weighted by Crippen LogP contribution is -2.26. The van der Waals surface area contributed by atoms with Gasteiger partial charge in [-0.05, 0) is 24.6 Å². The van der Waals surface area contributed by atoms with Crippen molar-refractivity contribution in [2.45, 2.75) is 13.5 Å². The Hall–Kier alpha value is -3.13. The number of hydrogen-bond donors (Lipinski definition) is 1. The van der Waals surface area contributed by atoms with Crippen molar-refractivity contribution in [3.63, 3.8) is 0 Å². The van der Waals surface area contributed by atoms with E-state index in [9.17, 15) is 9.59 Å². The van der Waals surface area contributed by atoms with Crippen molar-refractivity contribution in [3.05, 3.63) is 69.8 Å². The number of hydrogen-bond acceptors (Lipinski definition) is 3. The lowest BCUT2D eigenvalue weighted by atomic mass is 10.1. The number of aromatic amines is 1. The number of aryl methyl sites for hydroxylation is 1. The monoisotopic (exact) mass is 291 g/mol.